The third kappa shape index (κ3) is 3.48. The van der Waals surface area contributed by atoms with E-state index in [4.69, 9.17) is 0 Å². The Balaban J connectivity index is 1.96. The molecule has 0 aromatic heterocycles. The molecule has 19 heavy (non-hydrogen) atoms. The maximum absolute atomic E-state index is 9.62. The van der Waals surface area contributed by atoms with Gasteiger partial charge in [-0.15, -0.1) is 0 Å². The molecule has 1 atom stereocenters. The van der Waals surface area contributed by atoms with E-state index in [-0.39, 0.29) is 12.1 Å². The Labute approximate surface area is 116 Å². The van der Waals surface area contributed by atoms with Crippen LogP contribution in [0.3, 0.4) is 0 Å². The van der Waals surface area contributed by atoms with Crippen LogP contribution >= 0.6 is 0 Å². The van der Waals surface area contributed by atoms with Gasteiger partial charge in [0.1, 0.15) is 0 Å². The number of benzene rings is 1. The highest BCUT2D eigenvalue weighted by molar-refractivity contribution is 5.57. The van der Waals surface area contributed by atoms with Crippen LogP contribution in [0.25, 0.3) is 0 Å². The fourth-order valence-corrected chi connectivity index (χ4v) is 2.91. The number of hydrogen-bond donors (Lipinski definition) is 2. The van der Waals surface area contributed by atoms with Crippen molar-refractivity contribution >= 4 is 5.69 Å². The number of rotatable bonds is 6. The first-order valence-electron chi connectivity index (χ1n) is 7.25. The average molecular weight is 262 g/mol. The highest BCUT2D eigenvalue weighted by Crippen LogP contribution is 2.28. The zero-order chi connectivity index (χ0) is 13.9. The first-order chi connectivity index (χ1) is 9.04. The monoisotopic (exact) mass is 262 g/mol. The van der Waals surface area contributed by atoms with Crippen LogP contribution in [0.5, 0.6) is 0 Å². The molecule has 1 aliphatic heterocycles. The Kier molecular flexibility index (Phi) is 4.48. The van der Waals surface area contributed by atoms with E-state index in [1.165, 1.54) is 11.3 Å². The van der Waals surface area contributed by atoms with Gasteiger partial charge in [-0.05, 0) is 31.4 Å². The minimum Gasteiger partial charge on any atom is -0.394 e. The number of anilines is 1. The quantitative estimate of drug-likeness (QED) is 0.825. The van der Waals surface area contributed by atoms with Gasteiger partial charge in [-0.1, -0.05) is 32.0 Å². The predicted octanol–water partition coefficient (Wildman–Crippen LogP) is 2.19. The summed E-state index contributed by atoms with van der Waals surface area (Å²) >= 11 is 0. The Morgan fingerprint density at radius 1 is 1.37 bits per heavy atom. The Hall–Kier alpha value is -1.06. The molecule has 0 spiro atoms. The van der Waals surface area contributed by atoms with Crippen LogP contribution in [0.1, 0.15) is 32.8 Å². The van der Waals surface area contributed by atoms with Gasteiger partial charge in [0, 0.05) is 30.4 Å². The lowest BCUT2D eigenvalue weighted by Crippen LogP contribution is -2.50. The Bertz CT molecular complexity index is 419. The molecule has 3 heteroatoms. The number of para-hydroxylation sites is 1. The molecule has 0 bridgehead atoms. The topological polar surface area (TPSA) is 35.5 Å². The molecular formula is C16H26N2O. The molecule has 0 fully saturated rings. The highest BCUT2D eigenvalue weighted by atomic mass is 16.3. The molecule has 0 saturated carbocycles. The average Bonchev–Trinajstić information content (AvgIpc) is 2.79. The molecule has 0 amide bonds. The van der Waals surface area contributed by atoms with Gasteiger partial charge in [-0.3, -0.25) is 0 Å². The largest absolute Gasteiger partial charge is 0.394 e. The number of hydrogen-bond acceptors (Lipinski definition) is 3. The predicted molar refractivity (Wildman–Crippen MR) is 80.7 cm³/mol. The second kappa shape index (κ2) is 5.93. The van der Waals surface area contributed by atoms with Gasteiger partial charge in [0.25, 0.3) is 0 Å². The smallest absolute Gasteiger partial charge is 0.0611 e. The van der Waals surface area contributed by atoms with Crippen molar-refractivity contribution in [3.63, 3.8) is 0 Å². The van der Waals surface area contributed by atoms with E-state index in [1.807, 2.05) is 0 Å². The lowest BCUT2D eigenvalue weighted by Gasteiger charge is -2.33. The van der Waals surface area contributed by atoms with Crippen molar-refractivity contribution in [1.29, 1.82) is 0 Å². The maximum atomic E-state index is 9.62. The van der Waals surface area contributed by atoms with Crippen molar-refractivity contribution in [2.45, 2.75) is 45.2 Å². The van der Waals surface area contributed by atoms with Crippen LogP contribution in [0, 0.1) is 0 Å². The molecule has 2 rings (SSSR count). The standard InChI is InChI=1S/C16H26N2O/c1-13(2)17-16(3,12-19)9-11-18-10-8-14-6-4-5-7-15(14)18/h4-7,13,17,19H,8-12H2,1-3H3. The SMILES string of the molecule is CC(C)NC(C)(CO)CCN1CCc2ccccc21. The summed E-state index contributed by atoms with van der Waals surface area (Å²) in [5.74, 6) is 0. The summed E-state index contributed by atoms with van der Waals surface area (Å²) in [6.45, 7) is 8.63. The van der Waals surface area contributed by atoms with Crippen LogP contribution in [0.2, 0.25) is 0 Å². The first kappa shape index (κ1) is 14.4. The van der Waals surface area contributed by atoms with E-state index in [1.54, 1.807) is 0 Å². The van der Waals surface area contributed by atoms with Crippen LogP contribution < -0.4 is 10.2 Å². The number of aliphatic hydroxyl groups is 1. The molecule has 1 aromatic rings. The molecule has 1 heterocycles. The summed E-state index contributed by atoms with van der Waals surface area (Å²) in [5, 5.41) is 13.1. The van der Waals surface area contributed by atoms with E-state index < -0.39 is 0 Å². The molecule has 1 unspecified atom stereocenters. The molecule has 0 aliphatic carbocycles. The van der Waals surface area contributed by atoms with Crippen molar-refractivity contribution in [2.24, 2.45) is 0 Å². The lowest BCUT2D eigenvalue weighted by atomic mass is 9.97. The van der Waals surface area contributed by atoms with Crippen LogP contribution in [-0.2, 0) is 6.42 Å². The fourth-order valence-electron chi connectivity index (χ4n) is 2.91. The number of aliphatic hydroxyl groups excluding tert-OH is 1. The van der Waals surface area contributed by atoms with Gasteiger partial charge in [0.2, 0.25) is 0 Å². The van der Waals surface area contributed by atoms with Gasteiger partial charge in [0.05, 0.1) is 6.61 Å². The third-order valence-electron chi connectivity index (χ3n) is 3.90. The van der Waals surface area contributed by atoms with E-state index in [2.05, 4.69) is 55.3 Å². The first-order valence-corrected chi connectivity index (χ1v) is 7.25. The van der Waals surface area contributed by atoms with Crippen molar-refractivity contribution in [3.05, 3.63) is 29.8 Å². The van der Waals surface area contributed by atoms with Gasteiger partial charge < -0.3 is 15.3 Å². The summed E-state index contributed by atoms with van der Waals surface area (Å²) in [6, 6.07) is 9.03. The van der Waals surface area contributed by atoms with Crippen molar-refractivity contribution in [1.82, 2.24) is 5.32 Å². The molecular weight excluding hydrogens is 236 g/mol. The van der Waals surface area contributed by atoms with E-state index in [0.29, 0.717) is 6.04 Å². The summed E-state index contributed by atoms with van der Waals surface area (Å²) in [7, 11) is 0. The second-order valence-corrected chi connectivity index (χ2v) is 6.13. The summed E-state index contributed by atoms with van der Waals surface area (Å²) in [5.41, 5.74) is 2.63. The number of nitrogens with zero attached hydrogens (tertiary/aromatic N) is 1. The molecule has 3 nitrogen and oxygen atoms in total. The van der Waals surface area contributed by atoms with Gasteiger partial charge in [-0.2, -0.15) is 0 Å². The van der Waals surface area contributed by atoms with Gasteiger partial charge in [0.15, 0.2) is 0 Å². The molecule has 2 N–H and O–H groups in total. The zero-order valence-corrected chi connectivity index (χ0v) is 12.3. The number of fused-ring (bicyclic) bond motifs is 1. The summed E-state index contributed by atoms with van der Waals surface area (Å²) in [6.07, 6.45) is 2.10. The van der Waals surface area contributed by atoms with Crippen molar-refractivity contribution in [3.8, 4) is 0 Å². The fraction of sp³-hybridized carbons (Fsp3) is 0.625. The lowest BCUT2D eigenvalue weighted by molar-refractivity contribution is 0.158. The van der Waals surface area contributed by atoms with Crippen molar-refractivity contribution in [2.75, 3.05) is 24.6 Å². The summed E-state index contributed by atoms with van der Waals surface area (Å²) in [4.78, 5) is 2.44. The van der Waals surface area contributed by atoms with E-state index in [0.717, 1.165) is 25.9 Å². The Morgan fingerprint density at radius 3 is 2.79 bits per heavy atom. The second-order valence-electron chi connectivity index (χ2n) is 6.13. The molecule has 0 saturated heterocycles. The summed E-state index contributed by atoms with van der Waals surface area (Å²) < 4.78 is 0. The minimum atomic E-state index is -0.189. The molecule has 1 aromatic carbocycles. The van der Waals surface area contributed by atoms with Crippen LogP contribution in [-0.4, -0.2) is 36.4 Å². The zero-order valence-electron chi connectivity index (χ0n) is 12.3. The highest BCUT2D eigenvalue weighted by Gasteiger charge is 2.26. The molecule has 106 valence electrons. The third-order valence-corrected chi connectivity index (χ3v) is 3.90. The van der Waals surface area contributed by atoms with Gasteiger partial charge >= 0.3 is 0 Å². The van der Waals surface area contributed by atoms with E-state index in [9.17, 15) is 5.11 Å². The van der Waals surface area contributed by atoms with Crippen LogP contribution in [0.4, 0.5) is 5.69 Å². The normalized spacial score (nSPS) is 17.6. The van der Waals surface area contributed by atoms with E-state index >= 15 is 0 Å². The molecule has 1 aliphatic rings. The van der Waals surface area contributed by atoms with Crippen LogP contribution in [0.15, 0.2) is 24.3 Å². The van der Waals surface area contributed by atoms with Gasteiger partial charge in [-0.25, -0.2) is 0 Å². The number of nitrogens with one attached hydrogen (secondary N) is 1. The molecule has 0 radical (unpaired) electrons. The minimum absolute atomic E-state index is 0.181. The van der Waals surface area contributed by atoms with Crippen molar-refractivity contribution < 1.29 is 5.11 Å². The Morgan fingerprint density at radius 2 is 2.11 bits per heavy atom. The maximum Gasteiger partial charge on any atom is 0.0611 e.